The molecule has 0 bridgehead atoms. The van der Waals surface area contributed by atoms with Crippen LogP contribution in [-0.2, 0) is 11.2 Å². The first-order valence-electron chi connectivity index (χ1n) is 8.66. The topological polar surface area (TPSA) is 95.1 Å². The molecule has 140 valence electrons. The number of nitrogens with zero attached hydrogens (tertiary/aromatic N) is 1. The number of halogens is 1. The lowest BCUT2D eigenvalue weighted by Crippen LogP contribution is -2.42. The van der Waals surface area contributed by atoms with E-state index < -0.39 is 23.7 Å². The lowest BCUT2D eigenvalue weighted by atomic mass is 10.1. The summed E-state index contributed by atoms with van der Waals surface area (Å²) in [6.07, 6.45) is -0.0506. The minimum atomic E-state index is -1.18. The molecule has 28 heavy (non-hydrogen) atoms. The maximum absolute atomic E-state index is 13.3. The molecule has 0 unspecified atom stereocenters. The molecule has 0 aliphatic heterocycles. The average molecular weight is 377 g/mol. The molecule has 1 heterocycles. The van der Waals surface area contributed by atoms with Crippen LogP contribution in [0.1, 0.15) is 16.2 Å². The standard InChI is InChI=1S/C21H16FN3O3/c22-15-7-8-16-17(10-15)24-19(23-16)11-18(21(27)28)25-20(26)14-6-5-12-3-1-2-4-13(12)9-14/h1-10,18H,11H2,(H,23,24)(H,25,26)(H,27,28)/t18-/m1/s1. The Balaban J connectivity index is 1.55. The van der Waals surface area contributed by atoms with Crippen molar-refractivity contribution < 1.29 is 19.1 Å². The third-order valence-electron chi connectivity index (χ3n) is 4.51. The highest BCUT2D eigenvalue weighted by Crippen LogP contribution is 2.17. The molecule has 0 radical (unpaired) electrons. The largest absolute Gasteiger partial charge is 0.480 e. The molecule has 0 spiro atoms. The van der Waals surface area contributed by atoms with Gasteiger partial charge in [0.25, 0.3) is 5.91 Å². The number of amides is 1. The zero-order chi connectivity index (χ0) is 19.7. The van der Waals surface area contributed by atoms with Crippen LogP contribution >= 0.6 is 0 Å². The van der Waals surface area contributed by atoms with Crippen molar-refractivity contribution in [1.29, 1.82) is 0 Å². The van der Waals surface area contributed by atoms with E-state index in [-0.39, 0.29) is 6.42 Å². The quantitative estimate of drug-likeness (QED) is 0.497. The maximum atomic E-state index is 13.3. The molecule has 7 heteroatoms. The molecule has 1 aromatic heterocycles. The van der Waals surface area contributed by atoms with E-state index in [1.165, 1.54) is 18.2 Å². The zero-order valence-electron chi connectivity index (χ0n) is 14.6. The summed E-state index contributed by atoms with van der Waals surface area (Å²) in [6, 6.07) is 15.7. The van der Waals surface area contributed by atoms with Gasteiger partial charge < -0.3 is 15.4 Å². The highest BCUT2D eigenvalue weighted by atomic mass is 19.1. The Bertz CT molecular complexity index is 1200. The monoisotopic (exact) mass is 377 g/mol. The van der Waals surface area contributed by atoms with Crippen molar-refractivity contribution in [3.8, 4) is 0 Å². The number of aromatic amines is 1. The Morgan fingerprint density at radius 2 is 1.86 bits per heavy atom. The average Bonchev–Trinajstić information content (AvgIpc) is 3.08. The second kappa shape index (κ2) is 7.11. The number of carbonyl (C=O) groups excluding carboxylic acids is 1. The van der Waals surface area contributed by atoms with E-state index in [1.54, 1.807) is 12.1 Å². The van der Waals surface area contributed by atoms with Crippen molar-refractivity contribution in [2.45, 2.75) is 12.5 Å². The highest BCUT2D eigenvalue weighted by Gasteiger charge is 2.23. The summed E-state index contributed by atoms with van der Waals surface area (Å²) in [4.78, 5) is 31.3. The van der Waals surface area contributed by atoms with E-state index >= 15 is 0 Å². The van der Waals surface area contributed by atoms with Crippen LogP contribution in [0.4, 0.5) is 4.39 Å². The molecular weight excluding hydrogens is 361 g/mol. The van der Waals surface area contributed by atoms with Crippen LogP contribution < -0.4 is 5.32 Å². The van der Waals surface area contributed by atoms with Gasteiger partial charge in [-0.15, -0.1) is 0 Å². The van der Waals surface area contributed by atoms with Crippen LogP contribution in [0, 0.1) is 5.82 Å². The van der Waals surface area contributed by atoms with Crippen molar-refractivity contribution in [3.05, 3.63) is 77.9 Å². The van der Waals surface area contributed by atoms with Gasteiger partial charge in [0, 0.05) is 12.0 Å². The van der Waals surface area contributed by atoms with Crippen molar-refractivity contribution in [1.82, 2.24) is 15.3 Å². The van der Waals surface area contributed by atoms with Crippen LogP contribution in [-0.4, -0.2) is 33.0 Å². The molecule has 3 aromatic carbocycles. The summed E-state index contributed by atoms with van der Waals surface area (Å²) in [5, 5.41) is 13.9. The number of rotatable bonds is 5. The highest BCUT2D eigenvalue weighted by molar-refractivity contribution is 6.00. The summed E-state index contributed by atoms with van der Waals surface area (Å²) < 4.78 is 13.3. The van der Waals surface area contributed by atoms with E-state index in [2.05, 4.69) is 15.3 Å². The first-order valence-corrected chi connectivity index (χ1v) is 8.66. The number of hydrogen-bond donors (Lipinski definition) is 3. The van der Waals surface area contributed by atoms with Gasteiger partial charge in [-0.2, -0.15) is 0 Å². The smallest absolute Gasteiger partial charge is 0.326 e. The number of carboxylic acids is 1. The van der Waals surface area contributed by atoms with Crippen LogP contribution in [0.2, 0.25) is 0 Å². The third kappa shape index (κ3) is 3.55. The fourth-order valence-corrected chi connectivity index (χ4v) is 3.10. The molecule has 0 aliphatic carbocycles. The number of nitrogens with one attached hydrogen (secondary N) is 2. The first kappa shape index (κ1) is 17.7. The number of benzene rings is 3. The Kier molecular flexibility index (Phi) is 4.49. The fraction of sp³-hybridized carbons (Fsp3) is 0.0952. The zero-order valence-corrected chi connectivity index (χ0v) is 14.6. The summed E-state index contributed by atoms with van der Waals surface area (Å²) in [5.41, 5.74) is 1.37. The number of imidazole rings is 1. The van der Waals surface area contributed by atoms with Crippen LogP contribution in [0.5, 0.6) is 0 Å². The Labute approximate surface area is 159 Å². The predicted molar refractivity (Wildman–Crippen MR) is 103 cm³/mol. The molecule has 0 saturated carbocycles. The van der Waals surface area contributed by atoms with Gasteiger partial charge in [0.15, 0.2) is 0 Å². The van der Waals surface area contributed by atoms with Crippen molar-refractivity contribution in [2.75, 3.05) is 0 Å². The number of fused-ring (bicyclic) bond motifs is 2. The van der Waals surface area contributed by atoms with Gasteiger partial charge >= 0.3 is 5.97 Å². The minimum Gasteiger partial charge on any atom is -0.480 e. The molecule has 1 atom stereocenters. The summed E-state index contributed by atoms with van der Waals surface area (Å²) in [6.45, 7) is 0. The molecule has 3 N–H and O–H groups in total. The Morgan fingerprint density at radius 3 is 2.64 bits per heavy atom. The summed E-state index contributed by atoms with van der Waals surface area (Å²) in [5.74, 6) is -1.73. The number of aromatic nitrogens is 2. The Hall–Kier alpha value is -3.74. The Morgan fingerprint density at radius 1 is 1.07 bits per heavy atom. The number of carboxylic acid groups (broad SMARTS) is 1. The molecule has 0 fully saturated rings. The molecule has 4 rings (SSSR count). The van der Waals surface area contributed by atoms with Gasteiger partial charge in [0.05, 0.1) is 11.0 Å². The number of carbonyl (C=O) groups is 2. The van der Waals surface area contributed by atoms with Crippen molar-refractivity contribution in [2.24, 2.45) is 0 Å². The lowest BCUT2D eigenvalue weighted by Gasteiger charge is -2.13. The summed E-state index contributed by atoms with van der Waals surface area (Å²) >= 11 is 0. The maximum Gasteiger partial charge on any atom is 0.326 e. The second-order valence-corrected chi connectivity index (χ2v) is 6.48. The van der Waals surface area contributed by atoms with Gasteiger partial charge in [-0.1, -0.05) is 30.3 Å². The van der Waals surface area contributed by atoms with E-state index in [4.69, 9.17) is 0 Å². The third-order valence-corrected chi connectivity index (χ3v) is 4.51. The normalized spacial score (nSPS) is 12.2. The van der Waals surface area contributed by atoms with E-state index in [0.717, 1.165) is 10.8 Å². The molecule has 0 aliphatic rings. The minimum absolute atomic E-state index is 0.0506. The van der Waals surface area contributed by atoms with E-state index in [1.807, 2.05) is 30.3 Å². The first-order chi connectivity index (χ1) is 13.5. The number of hydrogen-bond acceptors (Lipinski definition) is 3. The molecule has 1 amide bonds. The molecule has 6 nitrogen and oxygen atoms in total. The predicted octanol–water partition coefficient (Wildman–Crippen LogP) is 3.28. The molecule has 0 saturated heterocycles. The van der Waals surface area contributed by atoms with Gasteiger partial charge in [0.1, 0.15) is 17.7 Å². The van der Waals surface area contributed by atoms with E-state index in [9.17, 15) is 19.1 Å². The number of aliphatic carboxylic acids is 1. The van der Waals surface area contributed by atoms with Crippen molar-refractivity contribution in [3.63, 3.8) is 0 Å². The second-order valence-electron chi connectivity index (χ2n) is 6.48. The van der Waals surface area contributed by atoms with Crippen LogP contribution in [0.3, 0.4) is 0 Å². The number of H-pyrrole nitrogens is 1. The van der Waals surface area contributed by atoms with Gasteiger partial charge in [0.2, 0.25) is 0 Å². The lowest BCUT2D eigenvalue weighted by molar-refractivity contribution is -0.139. The molecular formula is C21H16FN3O3. The van der Waals surface area contributed by atoms with Gasteiger partial charge in [-0.05, 0) is 41.1 Å². The van der Waals surface area contributed by atoms with Crippen molar-refractivity contribution >= 4 is 33.7 Å². The van der Waals surface area contributed by atoms with Crippen LogP contribution in [0.25, 0.3) is 21.8 Å². The fourth-order valence-electron chi connectivity index (χ4n) is 3.10. The van der Waals surface area contributed by atoms with Gasteiger partial charge in [-0.3, -0.25) is 4.79 Å². The SMILES string of the molecule is O=C(N[C@H](Cc1nc2ccc(F)cc2[nH]1)C(=O)O)c1ccc2ccccc2c1. The van der Waals surface area contributed by atoms with Crippen LogP contribution in [0.15, 0.2) is 60.7 Å². The summed E-state index contributed by atoms with van der Waals surface area (Å²) in [7, 11) is 0. The molecule has 4 aromatic rings. The van der Waals surface area contributed by atoms with E-state index in [0.29, 0.717) is 22.4 Å². The van der Waals surface area contributed by atoms with Gasteiger partial charge in [-0.25, -0.2) is 14.2 Å².